The maximum Gasteiger partial charge on any atom is 0.187 e. The van der Waals surface area contributed by atoms with E-state index in [0.29, 0.717) is 20.2 Å². The van der Waals surface area contributed by atoms with Crippen LogP contribution in [0, 0.1) is 0 Å². The molecule has 0 aliphatic rings. The Balaban J connectivity index is 0. The van der Waals surface area contributed by atoms with E-state index in [9.17, 15) is 13.7 Å². The molecule has 2 unspecified atom stereocenters. The Hall–Kier alpha value is 1.63. The van der Waals surface area contributed by atoms with Gasteiger partial charge in [-0.3, -0.25) is 0 Å². The Morgan fingerprint density at radius 3 is 1.53 bits per heavy atom. The summed E-state index contributed by atoms with van der Waals surface area (Å²) in [5.41, 5.74) is 0. The molecular weight excluding hydrogens is 376 g/mol. The molecule has 0 amide bonds. The van der Waals surface area contributed by atoms with Gasteiger partial charge in [-0.2, -0.15) is 0 Å². The number of rotatable bonds is 5. The predicted molar refractivity (Wildman–Crippen MR) is 44.9 cm³/mol. The summed E-state index contributed by atoms with van der Waals surface area (Å²) in [6.07, 6.45) is 0. The SMILES string of the molecule is O=P(O)(O)OP(=O)(O)OP(=O)(O)[O][Mo].[AlH3]. The maximum absolute atomic E-state index is 10.6. The molecule has 0 heterocycles. The van der Waals surface area contributed by atoms with E-state index in [1.807, 2.05) is 0 Å². The number of hydrogen-bond donors (Lipinski definition) is 4. The van der Waals surface area contributed by atoms with E-state index in [2.05, 4.69) is 11.8 Å². The second-order valence-corrected chi connectivity index (χ2v) is 7.08. The van der Waals surface area contributed by atoms with Crippen LogP contribution in [0.5, 0.6) is 0 Å². The van der Waals surface area contributed by atoms with Crippen molar-refractivity contribution < 1.29 is 65.3 Å². The van der Waals surface area contributed by atoms with Crippen molar-refractivity contribution in [2.75, 3.05) is 0 Å². The first-order valence-corrected chi connectivity index (χ1v) is 7.77. The summed E-state index contributed by atoms with van der Waals surface area (Å²) in [4.78, 5) is 33.2. The van der Waals surface area contributed by atoms with E-state index in [-0.39, 0.29) is 17.4 Å². The standard InChI is InChI=1S/Al.Mo.H5O10P3.3H/c;;1-11(2,3)9-13(7,8)10-12(4,5)6;;;/h;;(H,7,8)(H2,1,2,3)(H2,4,5,6);;;/q;+1;;;;/p-1. The van der Waals surface area contributed by atoms with Crippen LogP contribution in [0.2, 0.25) is 0 Å². The molecular formula is H7AlMoO10P3. The minimum absolute atomic E-state index is 0. The zero-order chi connectivity index (χ0) is 11.6. The summed E-state index contributed by atoms with van der Waals surface area (Å²) in [7, 11) is -15.5. The fraction of sp³-hybridized carbons (Fsp3) is 0. The normalized spacial score (nSPS) is 19.7. The molecule has 0 spiro atoms. The minimum Gasteiger partial charge on any atom is 0.187 e. The Bertz CT molecular complexity index is 330. The average Bonchev–Trinajstić information content (AvgIpc) is 1.78. The quantitative estimate of drug-likeness (QED) is 0.329. The Labute approximate surface area is 106 Å². The Morgan fingerprint density at radius 2 is 1.27 bits per heavy atom. The fourth-order valence-corrected chi connectivity index (χ4v) is 3.51. The molecule has 0 fully saturated rings. The summed E-state index contributed by atoms with van der Waals surface area (Å²) < 4.78 is 41.6. The molecule has 4 N–H and O–H groups in total. The molecule has 0 aliphatic heterocycles. The van der Waals surface area contributed by atoms with E-state index in [1.54, 1.807) is 0 Å². The summed E-state index contributed by atoms with van der Waals surface area (Å²) in [6.45, 7) is 0. The van der Waals surface area contributed by atoms with Gasteiger partial charge in [0.05, 0.1) is 0 Å². The molecule has 0 aliphatic carbocycles. The van der Waals surface area contributed by atoms with Crippen LogP contribution < -0.4 is 0 Å². The molecule has 2 atom stereocenters. The van der Waals surface area contributed by atoms with Crippen molar-refractivity contribution in [3.05, 3.63) is 0 Å². The molecule has 15 heteroatoms. The van der Waals surface area contributed by atoms with Crippen LogP contribution in [-0.2, 0) is 45.7 Å². The molecule has 0 aromatic rings. The van der Waals surface area contributed by atoms with Crippen LogP contribution >= 0.6 is 23.5 Å². The van der Waals surface area contributed by atoms with Crippen LogP contribution in [0.4, 0.5) is 0 Å². The minimum atomic E-state index is -5.35. The third-order valence-electron chi connectivity index (χ3n) is 0.510. The first-order chi connectivity index (χ1) is 5.97. The van der Waals surface area contributed by atoms with Crippen molar-refractivity contribution in [2.24, 2.45) is 0 Å². The molecule has 0 bridgehead atoms. The van der Waals surface area contributed by atoms with Gasteiger partial charge in [0.2, 0.25) is 0 Å². The van der Waals surface area contributed by atoms with Crippen molar-refractivity contribution in [3.63, 3.8) is 0 Å². The van der Waals surface area contributed by atoms with Gasteiger partial charge in [-0.15, -0.1) is 0 Å². The molecule has 0 saturated heterocycles. The zero-order valence-electron chi connectivity index (χ0n) is 5.99. The van der Waals surface area contributed by atoms with E-state index < -0.39 is 23.5 Å². The molecule has 0 radical (unpaired) electrons. The van der Waals surface area contributed by atoms with Gasteiger partial charge in [0.1, 0.15) is 0 Å². The van der Waals surface area contributed by atoms with Gasteiger partial charge in [0.25, 0.3) is 0 Å². The van der Waals surface area contributed by atoms with E-state index in [0.717, 1.165) is 0 Å². The second-order valence-electron chi connectivity index (χ2n) is 1.67. The largest absolute Gasteiger partial charge is 0.187 e. The second kappa shape index (κ2) is 6.53. The first kappa shape index (κ1) is 19.0. The third kappa shape index (κ3) is 10.5. The first-order valence-electron chi connectivity index (χ1n) is 2.43. The van der Waals surface area contributed by atoms with Crippen molar-refractivity contribution in [1.82, 2.24) is 0 Å². The smallest absolute Gasteiger partial charge is 0.187 e. The van der Waals surface area contributed by atoms with Gasteiger partial charge in [-0.1, -0.05) is 0 Å². The summed E-state index contributed by atoms with van der Waals surface area (Å²) in [5.74, 6) is 0. The topological polar surface area (TPSA) is 160 Å². The van der Waals surface area contributed by atoms with E-state index >= 15 is 0 Å². The Morgan fingerprint density at radius 1 is 0.867 bits per heavy atom. The van der Waals surface area contributed by atoms with Crippen molar-refractivity contribution >= 4 is 40.8 Å². The van der Waals surface area contributed by atoms with Crippen molar-refractivity contribution in [3.8, 4) is 0 Å². The maximum atomic E-state index is 10.6. The monoisotopic (exact) mass is 385 g/mol. The molecule has 91 valence electrons. The van der Waals surface area contributed by atoms with Gasteiger partial charge in [0, 0.05) is 0 Å². The predicted octanol–water partition coefficient (Wildman–Crippen LogP) is -1.39. The van der Waals surface area contributed by atoms with Crippen LogP contribution in [-0.4, -0.2) is 36.9 Å². The zero-order valence-corrected chi connectivity index (χ0v) is 10.7. The Kier molecular flexibility index (Phi) is 8.27. The van der Waals surface area contributed by atoms with Gasteiger partial charge in [-0.25, -0.2) is 0 Å². The van der Waals surface area contributed by atoms with Crippen LogP contribution in [0.25, 0.3) is 0 Å². The van der Waals surface area contributed by atoms with Crippen LogP contribution in [0.15, 0.2) is 0 Å². The van der Waals surface area contributed by atoms with E-state index in [1.165, 1.54) is 0 Å². The molecule has 0 rings (SSSR count). The summed E-state index contributed by atoms with van der Waals surface area (Å²) in [6, 6.07) is 0. The molecule has 0 aromatic heterocycles. The number of hydrogen-bond acceptors (Lipinski definition) is 6. The van der Waals surface area contributed by atoms with Gasteiger partial charge in [0.15, 0.2) is 17.4 Å². The molecule has 0 saturated carbocycles. The fourth-order valence-electron chi connectivity index (χ4n) is 0.293. The summed E-state index contributed by atoms with van der Waals surface area (Å²) in [5, 5.41) is 0. The average molecular weight is 383 g/mol. The summed E-state index contributed by atoms with van der Waals surface area (Å²) >= 11 is 0.609. The van der Waals surface area contributed by atoms with Gasteiger partial charge >= 0.3 is 88.7 Å². The van der Waals surface area contributed by atoms with Gasteiger partial charge in [-0.05, 0) is 0 Å². The van der Waals surface area contributed by atoms with E-state index in [4.69, 9.17) is 19.6 Å². The third-order valence-corrected chi connectivity index (χ3v) is 5.41. The molecule has 15 heavy (non-hydrogen) atoms. The van der Waals surface area contributed by atoms with Gasteiger partial charge < -0.3 is 0 Å². The molecule has 0 aromatic carbocycles. The van der Waals surface area contributed by atoms with Crippen LogP contribution in [0.1, 0.15) is 0 Å². The van der Waals surface area contributed by atoms with Crippen molar-refractivity contribution in [1.29, 1.82) is 0 Å². The van der Waals surface area contributed by atoms with Crippen molar-refractivity contribution in [2.45, 2.75) is 0 Å². The number of phosphoric acid groups is 3. The van der Waals surface area contributed by atoms with Crippen LogP contribution in [0.3, 0.4) is 0 Å². The molecule has 10 nitrogen and oxygen atoms in total.